The standard InChI is InChI=1S/C26H26N2O2/c1-19-11-13-21(14-12-19)17-22-8-4-5-9-23(22)26(30)27-15-16-28(25(29)18-27)24-10-6-3-7-20(24)2/h3-14H,15-18H2,1-2H3. The zero-order valence-electron chi connectivity index (χ0n) is 17.5. The first-order valence-electron chi connectivity index (χ1n) is 10.3. The van der Waals surface area contributed by atoms with Gasteiger partial charge in [0, 0.05) is 24.3 Å². The highest BCUT2D eigenvalue weighted by molar-refractivity contribution is 6.02. The molecule has 1 aliphatic rings. The second-order valence-electron chi connectivity index (χ2n) is 7.88. The third-order valence-electron chi connectivity index (χ3n) is 5.68. The third-order valence-corrected chi connectivity index (χ3v) is 5.68. The van der Waals surface area contributed by atoms with E-state index in [1.807, 2.05) is 55.5 Å². The molecule has 0 unspecified atom stereocenters. The van der Waals surface area contributed by atoms with E-state index in [4.69, 9.17) is 0 Å². The molecule has 4 nitrogen and oxygen atoms in total. The lowest BCUT2D eigenvalue weighted by Crippen LogP contribution is -2.52. The Morgan fingerprint density at radius 2 is 1.57 bits per heavy atom. The van der Waals surface area contributed by atoms with Crippen LogP contribution in [0.4, 0.5) is 5.69 Å². The average molecular weight is 399 g/mol. The van der Waals surface area contributed by atoms with Crippen LogP contribution in [0.2, 0.25) is 0 Å². The summed E-state index contributed by atoms with van der Waals surface area (Å²) in [6, 6.07) is 23.9. The van der Waals surface area contributed by atoms with Crippen molar-refractivity contribution < 1.29 is 9.59 Å². The number of hydrogen-bond donors (Lipinski definition) is 0. The molecular weight excluding hydrogens is 372 g/mol. The fraction of sp³-hybridized carbons (Fsp3) is 0.231. The number of benzene rings is 3. The first-order valence-corrected chi connectivity index (χ1v) is 10.3. The van der Waals surface area contributed by atoms with Gasteiger partial charge in [-0.2, -0.15) is 0 Å². The SMILES string of the molecule is Cc1ccc(Cc2ccccc2C(=O)N2CCN(c3ccccc3C)C(=O)C2)cc1. The molecule has 0 N–H and O–H groups in total. The van der Waals surface area contributed by atoms with E-state index in [1.54, 1.807) is 9.80 Å². The summed E-state index contributed by atoms with van der Waals surface area (Å²) in [5.74, 6) is -0.115. The molecule has 152 valence electrons. The van der Waals surface area contributed by atoms with Gasteiger partial charge in [-0.05, 0) is 49.1 Å². The summed E-state index contributed by atoms with van der Waals surface area (Å²) < 4.78 is 0. The average Bonchev–Trinajstić information content (AvgIpc) is 2.76. The molecule has 1 aliphatic heterocycles. The van der Waals surface area contributed by atoms with Crippen molar-refractivity contribution in [1.82, 2.24) is 4.90 Å². The van der Waals surface area contributed by atoms with Crippen LogP contribution in [0, 0.1) is 13.8 Å². The van der Waals surface area contributed by atoms with Gasteiger partial charge >= 0.3 is 0 Å². The minimum Gasteiger partial charge on any atom is -0.328 e. The number of carbonyl (C=O) groups is 2. The summed E-state index contributed by atoms with van der Waals surface area (Å²) in [5.41, 5.74) is 6.04. The monoisotopic (exact) mass is 398 g/mol. The van der Waals surface area contributed by atoms with Crippen molar-refractivity contribution >= 4 is 17.5 Å². The lowest BCUT2D eigenvalue weighted by Gasteiger charge is -2.35. The number of carbonyl (C=O) groups excluding carboxylic acids is 2. The number of aryl methyl sites for hydroxylation is 2. The van der Waals surface area contributed by atoms with Gasteiger partial charge in [-0.3, -0.25) is 9.59 Å². The van der Waals surface area contributed by atoms with E-state index in [2.05, 4.69) is 31.2 Å². The Balaban J connectivity index is 1.51. The van der Waals surface area contributed by atoms with Crippen molar-refractivity contribution in [2.24, 2.45) is 0 Å². The molecule has 0 spiro atoms. The van der Waals surface area contributed by atoms with Gasteiger partial charge in [0.15, 0.2) is 0 Å². The number of amides is 2. The van der Waals surface area contributed by atoms with Crippen LogP contribution in [0.5, 0.6) is 0 Å². The van der Waals surface area contributed by atoms with Crippen LogP contribution in [0.3, 0.4) is 0 Å². The van der Waals surface area contributed by atoms with Crippen LogP contribution in [-0.2, 0) is 11.2 Å². The normalized spacial score (nSPS) is 14.1. The molecule has 0 bridgehead atoms. The maximum Gasteiger partial charge on any atom is 0.254 e. The first-order chi connectivity index (χ1) is 14.5. The number of rotatable bonds is 4. The molecule has 30 heavy (non-hydrogen) atoms. The largest absolute Gasteiger partial charge is 0.328 e. The molecule has 2 amide bonds. The molecule has 0 atom stereocenters. The predicted molar refractivity (Wildman–Crippen MR) is 120 cm³/mol. The highest BCUT2D eigenvalue weighted by atomic mass is 16.2. The van der Waals surface area contributed by atoms with E-state index < -0.39 is 0 Å². The van der Waals surface area contributed by atoms with Crippen molar-refractivity contribution in [1.29, 1.82) is 0 Å². The molecule has 3 aromatic carbocycles. The molecule has 1 heterocycles. The van der Waals surface area contributed by atoms with Crippen LogP contribution in [0.15, 0.2) is 72.8 Å². The molecule has 1 fully saturated rings. The van der Waals surface area contributed by atoms with E-state index in [-0.39, 0.29) is 18.4 Å². The molecule has 4 rings (SSSR count). The van der Waals surface area contributed by atoms with Gasteiger partial charge in [0.1, 0.15) is 6.54 Å². The highest BCUT2D eigenvalue weighted by Gasteiger charge is 2.29. The van der Waals surface area contributed by atoms with Crippen LogP contribution in [0.1, 0.15) is 32.6 Å². The van der Waals surface area contributed by atoms with E-state index in [1.165, 1.54) is 11.1 Å². The van der Waals surface area contributed by atoms with Gasteiger partial charge in [0.2, 0.25) is 5.91 Å². The highest BCUT2D eigenvalue weighted by Crippen LogP contribution is 2.23. The summed E-state index contributed by atoms with van der Waals surface area (Å²) in [7, 11) is 0. The Hall–Kier alpha value is -3.40. The van der Waals surface area contributed by atoms with E-state index in [0.717, 1.165) is 16.8 Å². The van der Waals surface area contributed by atoms with Gasteiger partial charge < -0.3 is 9.80 Å². The van der Waals surface area contributed by atoms with E-state index in [9.17, 15) is 9.59 Å². The summed E-state index contributed by atoms with van der Waals surface area (Å²) >= 11 is 0. The minimum atomic E-state index is -0.0736. The van der Waals surface area contributed by atoms with Crippen LogP contribution in [0.25, 0.3) is 0 Å². The van der Waals surface area contributed by atoms with Gasteiger partial charge in [-0.25, -0.2) is 0 Å². The third kappa shape index (κ3) is 4.13. The molecule has 0 aromatic heterocycles. The smallest absolute Gasteiger partial charge is 0.254 e. The van der Waals surface area contributed by atoms with E-state index in [0.29, 0.717) is 25.1 Å². The molecule has 0 radical (unpaired) electrons. The summed E-state index contributed by atoms with van der Waals surface area (Å²) in [4.78, 5) is 29.6. The molecule has 0 saturated carbocycles. The van der Waals surface area contributed by atoms with E-state index >= 15 is 0 Å². The zero-order chi connectivity index (χ0) is 21.1. The quantitative estimate of drug-likeness (QED) is 0.654. The molecular formula is C26H26N2O2. The van der Waals surface area contributed by atoms with Crippen molar-refractivity contribution in [2.45, 2.75) is 20.3 Å². The zero-order valence-corrected chi connectivity index (χ0v) is 17.5. The molecule has 3 aromatic rings. The fourth-order valence-electron chi connectivity index (χ4n) is 3.95. The van der Waals surface area contributed by atoms with Crippen molar-refractivity contribution in [3.63, 3.8) is 0 Å². The molecule has 1 saturated heterocycles. The second-order valence-corrected chi connectivity index (χ2v) is 7.88. The Kier molecular flexibility index (Phi) is 5.66. The van der Waals surface area contributed by atoms with Gasteiger partial charge in [-0.15, -0.1) is 0 Å². The number of piperazine rings is 1. The van der Waals surface area contributed by atoms with Crippen molar-refractivity contribution in [3.05, 3.63) is 101 Å². The number of hydrogen-bond acceptors (Lipinski definition) is 2. The minimum absolute atomic E-state index is 0.0417. The first kappa shape index (κ1) is 19.9. The van der Waals surface area contributed by atoms with Gasteiger partial charge in [0.25, 0.3) is 5.91 Å². The van der Waals surface area contributed by atoms with Crippen molar-refractivity contribution in [2.75, 3.05) is 24.5 Å². The predicted octanol–water partition coefficient (Wildman–Crippen LogP) is 4.38. The van der Waals surface area contributed by atoms with Crippen LogP contribution in [-0.4, -0.2) is 36.3 Å². The van der Waals surface area contributed by atoms with Crippen molar-refractivity contribution in [3.8, 4) is 0 Å². The number of anilines is 1. The Labute approximate surface area is 177 Å². The molecule has 0 aliphatic carbocycles. The Bertz CT molecular complexity index is 1070. The van der Waals surface area contributed by atoms with Crippen LogP contribution < -0.4 is 4.90 Å². The lowest BCUT2D eigenvalue weighted by molar-refractivity contribution is -0.120. The second kappa shape index (κ2) is 8.54. The van der Waals surface area contributed by atoms with Gasteiger partial charge in [0.05, 0.1) is 0 Å². The van der Waals surface area contributed by atoms with Crippen LogP contribution >= 0.6 is 0 Å². The van der Waals surface area contributed by atoms with Gasteiger partial charge in [-0.1, -0.05) is 66.2 Å². The lowest BCUT2D eigenvalue weighted by atomic mass is 9.98. The number of para-hydroxylation sites is 1. The maximum atomic E-state index is 13.3. The summed E-state index contributed by atoms with van der Waals surface area (Å²) in [6.45, 7) is 5.20. The Morgan fingerprint density at radius 3 is 2.30 bits per heavy atom. The topological polar surface area (TPSA) is 40.6 Å². The fourth-order valence-corrected chi connectivity index (χ4v) is 3.95. The maximum absolute atomic E-state index is 13.3. The summed E-state index contributed by atoms with van der Waals surface area (Å²) in [5, 5.41) is 0. The summed E-state index contributed by atoms with van der Waals surface area (Å²) in [6.07, 6.45) is 0.694. The Morgan fingerprint density at radius 1 is 0.867 bits per heavy atom. The number of nitrogens with zero attached hydrogens (tertiary/aromatic N) is 2. The molecule has 4 heteroatoms.